The fourth-order valence-corrected chi connectivity index (χ4v) is 3.33. The van der Waals surface area contributed by atoms with Crippen molar-refractivity contribution in [2.75, 3.05) is 13.1 Å². The van der Waals surface area contributed by atoms with E-state index in [-0.39, 0.29) is 6.04 Å². The minimum Gasteiger partial charge on any atom is -0.338 e. The Balaban J connectivity index is 1.46. The molecule has 6 nitrogen and oxygen atoms in total. The summed E-state index contributed by atoms with van der Waals surface area (Å²) in [7, 11) is 0. The van der Waals surface area contributed by atoms with Crippen molar-refractivity contribution in [1.82, 2.24) is 25.2 Å². The maximum atomic E-state index is 5.50. The molecular formula is C16H23N5O. The van der Waals surface area contributed by atoms with E-state index in [0.717, 1.165) is 30.5 Å². The van der Waals surface area contributed by atoms with Crippen LogP contribution in [0.5, 0.6) is 0 Å². The lowest BCUT2D eigenvalue weighted by molar-refractivity contribution is 0.132. The fraction of sp³-hybridized carbons (Fsp3) is 0.688. The highest BCUT2D eigenvalue weighted by Gasteiger charge is 2.32. The summed E-state index contributed by atoms with van der Waals surface area (Å²) in [6.45, 7) is 6.31. The van der Waals surface area contributed by atoms with Crippen LogP contribution in [0.2, 0.25) is 0 Å². The van der Waals surface area contributed by atoms with Crippen molar-refractivity contribution in [2.24, 2.45) is 0 Å². The van der Waals surface area contributed by atoms with Crippen molar-refractivity contribution >= 4 is 0 Å². The maximum absolute atomic E-state index is 5.50. The summed E-state index contributed by atoms with van der Waals surface area (Å²) in [5.41, 5.74) is 2.31. The molecular weight excluding hydrogens is 278 g/mol. The standard InChI is InChI=1S/C16H23N5O/c1-10-8-14(19-18-10)13-4-3-7-21(9-13)11(2)16-17-15(20-22-16)12-5-6-12/h8,11-13H,3-7,9H2,1-2H3,(H,18,19). The van der Waals surface area contributed by atoms with Gasteiger partial charge < -0.3 is 4.52 Å². The number of aromatic nitrogens is 4. The van der Waals surface area contributed by atoms with Gasteiger partial charge in [0.2, 0.25) is 5.89 Å². The number of likely N-dealkylation sites (tertiary alicyclic amines) is 1. The van der Waals surface area contributed by atoms with Crippen molar-refractivity contribution in [3.63, 3.8) is 0 Å². The van der Waals surface area contributed by atoms with Gasteiger partial charge in [-0.3, -0.25) is 10.00 Å². The summed E-state index contributed by atoms with van der Waals surface area (Å²) in [6, 6.07) is 2.35. The first kappa shape index (κ1) is 13.9. The molecule has 0 amide bonds. The van der Waals surface area contributed by atoms with Gasteiger partial charge in [-0.1, -0.05) is 5.16 Å². The van der Waals surface area contributed by atoms with E-state index in [1.165, 1.54) is 31.4 Å². The lowest BCUT2D eigenvalue weighted by atomic mass is 9.93. The van der Waals surface area contributed by atoms with Crippen LogP contribution >= 0.6 is 0 Å². The summed E-state index contributed by atoms with van der Waals surface area (Å²) in [6.07, 6.45) is 4.80. The van der Waals surface area contributed by atoms with Crippen molar-refractivity contribution in [3.05, 3.63) is 29.2 Å². The van der Waals surface area contributed by atoms with E-state index in [2.05, 4.69) is 45.2 Å². The van der Waals surface area contributed by atoms with E-state index in [1.54, 1.807) is 0 Å². The van der Waals surface area contributed by atoms with Gasteiger partial charge in [-0.05, 0) is 52.1 Å². The summed E-state index contributed by atoms with van der Waals surface area (Å²) in [5.74, 6) is 2.71. The third kappa shape index (κ3) is 2.67. The molecule has 2 aliphatic rings. The van der Waals surface area contributed by atoms with Crippen molar-refractivity contribution in [2.45, 2.75) is 57.4 Å². The molecule has 1 saturated carbocycles. The highest BCUT2D eigenvalue weighted by molar-refractivity contribution is 5.13. The zero-order valence-electron chi connectivity index (χ0n) is 13.2. The Bertz CT molecular complexity index is 645. The van der Waals surface area contributed by atoms with E-state index in [9.17, 15) is 0 Å². The lowest BCUT2D eigenvalue weighted by Crippen LogP contribution is -2.36. The molecule has 3 heterocycles. The van der Waals surface area contributed by atoms with Crippen LogP contribution in [-0.2, 0) is 0 Å². The second-order valence-electron chi connectivity index (χ2n) is 6.75. The maximum Gasteiger partial charge on any atom is 0.243 e. The molecule has 6 heteroatoms. The van der Waals surface area contributed by atoms with Crippen LogP contribution in [0.4, 0.5) is 0 Å². The molecule has 0 bridgehead atoms. The lowest BCUT2D eigenvalue weighted by Gasteiger charge is -2.34. The van der Waals surface area contributed by atoms with Gasteiger partial charge in [-0.25, -0.2) is 0 Å². The zero-order chi connectivity index (χ0) is 15.1. The Kier molecular flexibility index (Phi) is 3.48. The van der Waals surface area contributed by atoms with E-state index < -0.39 is 0 Å². The third-order valence-corrected chi connectivity index (χ3v) is 4.90. The monoisotopic (exact) mass is 301 g/mol. The van der Waals surface area contributed by atoms with Crippen LogP contribution in [0, 0.1) is 6.92 Å². The minimum absolute atomic E-state index is 0.183. The van der Waals surface area contributed by atoms with Crippen molar-refractivity contribution < 1.29 is 4.52 Å². The highest BCUT2D eigenvalue weighted by Crippen LogP contribution is 2.39. The van der Waals surface area contributed by atoms with E-state index in [4.69, 9.17) is 4.52 Å². The average molecular weight is 301 g/mol. The molecule has 22 heavy (non-hydrogen) atoms. The van der Waals surface area contributed by atoms with Crippen LogP contribution in [0.25, 0.3) is 0 Å². The predicted molar refractivity (Wildman–Crippen MR) is 81.6 cm³/mol. The van der Waals surface area contributed by atoms with Gasteiger partial charge >= 0.3 is 0 Å². The summed E-state index contributed by atoms with van der Waals surface area (Å²) < 4.78 is 5.50. The van der Waals surface area contributed by atoms with Gasteiger partial charge in [0.05, 0.1) is 11.7 Å². The Morgan fingerprint density at radius 2 is 2.18 bits per heavy atom. The molecule has 2 atom stereocenters. The largest absolute Gasteiger partial charge is 0.338 e. The van der Waals surface area contributed by atoms with Gasteiger partial charge in [0, 0.05) is 24.1 Å². The van der Waals surface area contributed by atoms with Crippen LogP contribution in [0.3, 0.4) is 0 Å². The Morgan fingerprint density at radius 3 is 2.91 bits per heavy atom. The number of nitrogens with one attached hydrogen (secondary N) is 1. The molecule has 1 aliphatic carbocycles. The Hall–Kier alpha value is -1.69. The number of H-pyrrole nitrogens is 1. The van der Waals surface area contributed by atoms with E-state index in [0.29, 0.717) is 11.8 Å². The number of rotatable bonds is 4. The molecule has 1 N–H and O–H groups in total. The molecule has 0 spiro atoms. The number of nitrogens with zero attached hydrogens (tertiary/aromatic N) is 4. The zero-order valence-corrected chi connectivity index (χ0v) is 13.2. The first-order chi connectivity index (χ1) is 10.7. The molecule has 2 fully saturated rings. The molecule has 118 valence electrons. The Morgan fingerprint density at radius 1 is 1.32 bits per heavy atom. The fourth-order valence-electron chi connectivity index (χ4n) is 3.33. The number of piperidine rings is 1. The normalized spacial score (nSPS) is 24.5. The summed E-state index contributed by atoms with van der Waals surface area (Å²) in [5, 5.41) is 11.6. The molecule has 0 radical (unpaired) electrons. The van der Waals surface area contributed by atoms with Crippen LogP contribution < -0.4 is 0 Å². The van der Waals surface area contributed by atoms with Crippen LogP contribution in [0.1, 0.15) is 73.6 Å². The van der Waals surface area contributed by atoms with Crippen LogP contribution in [-0.4, -0.2) is 38.3 Å². The van der Waals surface area contributed by atoms with Crippen molar-refractivity contribution in [1.29, 1.82) is 0 Å². The first-order valence-corrected chi connectivity index (χ1v) is 8.30. The van der Waals surface area contributed by atoms with Crippen LogP contribution in [0.15, 0.2) is 10.6 Å². The third-order valence-electron chi connectivity index (χ3n) is 4.90. The van der Waals surface area contributed by atoms with Gasteiger partial charge in [0.25, 0.3) is 0 Å². The Labute approximate surface area is 130 Å². The smallest absolute Gasteiger partial charge is 0.243 e. The molecule has 1 aliphatic heterocycles. The number of hydrogen-bond acceptors (Lipinski definition) is 5. The van der Waals surface area contributed by atoms with Gasteiger partial charge in [-0.2, -0.15) is 10.1 Å². The molecule has 4 rings (SSSR count). The van der Waals surface area contributed by atoms with Gasteiger partial charge in [0.1, 0.15) is 0 Å². The topological polar surface area (TPSA) is 70.8 Å². The molecule has 2 aromatic heterocycles. The molecule has 1 saturated heterocycles. The second-order valence-corrected chi connectivity index (χ2v) is 6.75. The van der Waals surface area contributed by atoms with Gasteiger partial charge in [-0.15, -0.1) is 0 Å². The molecule has 0 aromatic carbocycles. The average Bonchev–Trinajstić information content (AvgIpc) is 3.10. The van der Waals surface area contributed by atoms with Crippen molar-refractivity contribution in [3.8, 4) is 0 Å². The van der Waals surface area contributed by atoms with E-state index >= 15 is 0 Å². The second kappa shape index (κ2) is 5.50. The number of aryl methyl sites for hydroxylation is 1. The highest BCUT2D eigenvalue weighted by atomic mass is 16.5. The number of aromatic amines is 1. The predicted octanol–water partition coefficient (Wildman–Crippen LogP) is 2.92. The van der Waals surface area contributed by atoms with E-state index in [1.807, 2.05) is 0 Å². The minimum atomic E-state index is 0.183. The van der Waals surface area contributed by atoms with Gasteiger partial charge in [0.15, 0.2) is 5.82 Å². The first-order valence-electron chi connectivity index (χ1n) is 8.30. The SMILES string of the molecule is Cc1cc(C2CCCN(C(C)c3nc(C4CC4)no3)C2)n[nH]1. The summed E-state index contributed by atoms with van der Waals surface area (Å²) in [4.78, 5) is 7.05. The molecule has 2 aromatic rings. The number of hydrogen-bond donors (Lipinski definition) is 1. The summed E-state index contributed by atoms with van der Waals surface area (Å²) >= 11 is 0. The quantitative estimate of drug-likeness (QED) is 0.940. The molecule has 2 unspecified atom stereocenters.